The Morgan fingerprint density at radius 3 is 2.59 bits per heavy atom. The molecule has 0 bridgehead atoms. The van der Waals surface area contributed by atoms with Crippen LogP contribution in [-0.4, -0.2) is 35.0 Å². The van der Waals surface area contributed by atoms with Crippen LogP contribution in [0.15, 0.2) is 59.8 Å². The van der Waals surface area contributed by atoms with E-state index in [9.17, 15) is 14.7 Å². The number of aromatic nitrogens is 5. The van der Waals surface area contributed by atoms with E-state index in [0.717, 1.165) is 33.2 Å². The van der Waals surface area contributed by atoms with Crippen LogP contribution in [0.3, 0.4) is 0 Å². The van der Waals surface area contributed by atoms with Crippen molar-refractivity contribution >= 4 is 27.9 Å². The average Bonchev–Trinajstić information content (AvgIpc) is 3.27. The molecule has 0 aliphatic rings. The zero-order valence-electron chi connectivity index (χ0n) is 17.9. The standard InChI is InChI=1S/C24H21N5O3/c1-14-5-4-6-20-23(14)29(24(32)28(20)13-22(30)31)19-8-7-16(9-15(19)2)17-10-25-12-21-18(17)11-26-27(21)3/h4-12H,13H2,1-3H3,(H,30,31). The molecular weight excluding hydrogens is 406 g/mol. The summed E-state index contributed by atoms with van der Waals surface area (Å²) < 4.78 is 4.70. The van der Waals surface area contributed by atoms with E-state index in [1.807, 2.05) is 63.6 Å². The second-order valence-corrected chi connectivity index (χ2v) is 7.93. The fraction of sp³-hybridized carbons (Fsp3) is 0.167. The number of para-hydroxylation sites is 1. The van der Waals surface area contributed by atoms with Gasteiger partial charge in [0, 0.05) is 24.2 Å². The van der Waals surface area contributed by atoms with Crippen molar-refractivity contribution in [3.8, 4) is 16.8 Å². The quantitative estimate of drug-likeness (QED) is 0.474. The lowest BCUT2D eigenvalue weighted by Crippen LogP contribution is -2.26. The highest BCUT2D eigenvalue weighted by atomic mass is 16.4. The van der Waals surface area contributed by atoms with Crippen LogP contribution in [0, 0.1) is 13.8 Å². The molecule has 3 aromatic heterocycles. The van der Waals surface area contributed by atoms with E-state index >= 15 is 0 Å². The maximum absolute atomic E-state index is 13.3. The Balaban J connectivity index is 1.73. The van der Waals surface area contributed by atoms with E-state index in [0.29, 0.717) is 16.7 Å². The fourth-order valence-corrected chi connectivity index (χ4v) is 4.35. The third-order valence-electron chi connectivity index (χ3n) is 5.87. The number of fused-ring (bicyclic) bond motifs is 2. The minimum absolute atomic E-state index is 0.372. The number of aliphatic carboxylic acids is 1. The maximum Gasteiger partial charge on any atom is 0.334 e. The Bertz CT molecular complexity index is 1590. The van der Waals surface area contributed by atoms with E-state index in [4.69, 9.17) is 0 Å². The molecule has 8 nitrogen and oxygen atoms in total. The van der Waals surface area contributed by atoms with Gasteiger partial charge in [0.1, 0.15) is 6.54 Å². The molecule has 160 valence electrons. The van der Waals surface area contributed by atoms with Crippen molar-refractivity contribution in [2.75, 3.05) is 0 Å². The monoisotopic (exact) mass is 427 g/mol. The summed E-state index contributed by atoms with van der Waals surface area (Å²) in [5.41, 5.74) is 6.32. The summed E-state index contributed by atoms with van der Waals surface area (Å²) in [5, 5.41) is 14.7. The molecule has 8 heteroatoms. The van der Waals surface area contributed by atoms with E-state index < -0.39 is 12.5 Å². The highest BCUT2D eigenvalue weighted by molar-refractivity contribution is 5.94. The van der Waals surface area contributed by atoms with Crippen LogP contribution in [0.4, 0.5) is 0 Å². The summed E-state index contributed by atoms with van der Waals surface area (Å²) >= 11 is 0. The Kier molecular flexibility index (Phi) is 4.44. The first-order chi connectivity index (χ1) is 15.4. The predicted octanol–water partition coefficient (Wildman–Crippen LogP) is 3.44. The van der Waals surface area contributed by atoms with Gasteiger partial charge in [-0.05, 0) is 48.7 Å². The minimum atomic E-state index is -1.06. The smallest absolute Gasteiger partial charge is 0.334 e. The fourth-order valence-electron chi connectivity index (χ4n) is 4.35. The normalized spacial score (nSPS) is 11.5. The van der Waals surface area contributed by atoms with Crippen molar-refractivity contribution < 1.29 is 9.90 Å². The van der Waals surface area contributed by atoms with Gasteiger partial charge >= 0.3 is 11.7 Å². The molecule has 0 spiro atoms. The lowest BCUT2D eigenvalue weighted by Gasteiger charge is -2.11. The van der Waals surface area contributed by atoms with Gasteiger partial charge in [0.05, 0.1) is 34.6 Å². The number of carboxylic acids is 1. The third kappa shape index (κ3) is 2.91. The summed E-state index contributed by atoms with van der Waals surface area (Å²) in [5.74, 6) is -1.06. The predicted molar refractivity (Wildman–Crippen MR) is 122 cm³/mol. The molecule has 5 aromatic rings. The van der Waals surface area contributed by atoms with Gasteiger partial charge in [0.25, 0.3) is 0 Å². The van der Waals surface area contributed by atoms with Gasteiger partial charge in [-0.2, -0.15) is 5.10 Å². The van der Waals surface area contributed by atoms with Crippen LogP contribution < -0.4 is 5.69 Å². The van der Waals surface area contributed by atoms with E-state index in [1.165, 1.54) is 4.57 Å². The van der Waals surface area contributed by atoms with Crippen LogP contribution in [0.25, 0.3) is 38.8 Å². The minimum Gasteiger partial charge on any atom is -0.480 e. The van der Waals surface area contributed by atoms with Crippen molar-refractivity contribution in [3.05, 3.63) is 76.6 Å². The van der Waals surface area contributed by atoms with Crippen LogP contribution in [0.1, 0.15) is 11.1 Å². The lowest BCUT2D eigenvalue weighted by atomic mass is 10.0. The van der Waals surface area contributed by atoms with Gasteiger partial charge in [-0.3, -0.25) is 23.6 Å². The Hall–Kier alpha value is -4.20. The number of benzene rings is 2. The van der Waals surface area contributed by atoms with Crippen LogP contribution in [0.2, 0.25) is 0 Å². The SMILES string of the molecule is Cc1cc(-c2cncc3c2cnn3C)ccc1-n1c(=O)n(CC(=O)O)c2cccc(C)c21. The number of aryl methyl sites for hydroxylation is 3. The second kappa shape index (κ2) is 7.19. The number of hydrogen-bond acceptors (Lipinski definition) is 4. The number of rotatable bonds is 4. The third-order valence-corrected chi connectivity index (χ3v) is 5.87. The second-order valence-electron chi connectivity index (χ2n) is 7.93. The molecule has 0 atom stereocenters. The highest BCUT2D eigenvalue weighted by Gasteiger charge is 2.19. The first-order valence-corrected chi connectivity index (χ1v) is 10.2. The summed E-state index contributed by atoms with van der Waals surface area (Å²) in [6.07, 6.45) is 5.42. The summed E-state index contributed by atoms with van der Waals surface area (Å²) in [6, 6.07) is 11.4. The Labute approximate surface area is 183 Å². The first kappa shape index (κ1) is 19.7. The van der Waals surface area contributed by atoms with Crippen molar-refractivity contribution in [2.45, 2.75) is 20.4 Å². The molecule has 0 saturated carbocycles. The van der Waals surface area contributed by atoms with Crippen molar-refractivity contribution in [1.82, 2.24) is 23.9 Å². The molecule has 0 radical (unpaired) electrons. The Morgan fingerprint density at radius 2 is 1.84 bits per heavy atom. The molecule has 5 rings (SSSR count). The van der Waals surface area contributed by atoms with E-state index in [2.05, 4.69) is 10.1 Å². The maximum atomic E-state index is 13.3. The zero-order chi connectivity index (χ0) is 22.6. The molecular formula is C24H21N5O3. The molecule has 0 amide bonds. The number of carboxylic acid groups (broad SMARTS) is 1. The van der Waals surface area contributed by atoms with Crippen molar-refractivity contribution in [1.29, 1.82) is 0 Å². The van der Waals surface area contributed by atoms with Crippen LogP contribution in [0.5, 0.6) is 0 Å². The van der Waals surface area contributed by atoms with Gasteiger partial charge in [-0.1, -0.05) is 18.2 Å². The van der Waals surface area contributed by atoms with E-state index in [1.54, 1.807) is 21.5 Å². The molecule has 0 aliphatic carbocycles. The summed E-state index contributed by atoms with van der Waals surface area (Å²) in [6.45, 7) is 3.47. The van der Waals surface area contributed by atoms with Crippen LogP contribution >= 0.6 is 0 Å². The first-order valence-electron chi connectivity index (χ1n) is 10.2. The van der Waals surface area contributed by atoms with Gasteiger partial charge in [0.15, 0.2) is 0 Å². The van der Waals surface area contributed by atoms with Gasteiger partial charge in [0.2, 0.25) is 0 Å². The molecule has 2 aromatic carbocycles. The molecule has 32 heavy (non-hydrogen) atoms. The largest absolute Gasteiger partial charge is 0.480 e. The molecule has 0 fully saturated rings. The van der Waals surface area contributed by atoms with Gasteiger partial charge in [-0.25, -0.2) is 4.79 Å². The molecule has 0 unspecified atom stereocenters. The molecule has 0 aliphatic heterocycles. The highest BCUT2D eigenvalue weighted by Crippen LogP contribution is 2.30. The lowest BCUT2D eigenvalue weighted by molar-refractivity contribution is -0.137. The number of hydrogen-bond donors (Lipinski definition) is 1. The van der Waals surface area contributed by atoms with Gasteiger partial charge in [-0.15, -0.1) is 0 Å². The zero-order valence-corrected chi connectivity index (χ0v) is 17.9. The summed E-state index contributed by atoms with van der Waals surface area (Å²) in [4.78, 5) is 29.0. The molecule has 3 heterocycles. The van der Waals surface area contributed by atoms with Crippen molar-refractivity contribution in [2.24, 2.45) is 7.05 Å². The number of carbonyl (C=O) groups is 1. The number of pyridine rings is 1. The van der Waals surface area contributed by atoms with Crippen molar-refractivity contribution in [3.63, 3.8) is 0 Å². The Morgan fingerprint density at radius 1 is 1.03 bits per heavy atom. The van der Waals surface area contributed by atoms with E-state index in [-0.39, 0.29) is 5.69 Å². The molecule has 1 N–H and O–H groups in total. The number of imidazole rings is 1. The topological polar surface area (TPSA) is 94.9 Å². The number of nitrogens with zero attached hydrogens (tertiary/aromatic N) is 5. The average molecular weight is 427 g/mol. The van der Waals surface area contributed by atoms with Crippen LogP contribution in [-0.2, 0) is 18.4 Å². The van der Waals surface area contributed by atoms with Gasteiger partial charge < -0.3 is 5.11 Å². The summed E-state index contributed by atoms with van der Waals surface area (Å²) in [7, 11) is 1.88. The molecule has 0 saturated heterocycles.